The van der Waals surface area contributed by atoms with E-state index in [1.165, 1.54) is 34.9 Å². The maximum absolute atomic E-state index is 13.5. The number of hydrogen-bond acceptors (Lipinski definition) is 8. The molecule has 7 nitrogen and oxygen atoms in total. The smallest absolute Gasteiger partial charge is 0.219 e. The topological polar surface area (TPSA) is 96.3 Å². The van der Waals surface area contributed by atoms with Crippen LogP contribution >= 0.6 is 23.5 Å². The van der Waals surface area contributed by atoms with E-state index in [2.05, 4.69) is 0 Å². The lowest BCUT2D eigenvalue weighted by Crippen LogP contribution is -2.76. The maximum Gasteiger partial charge on any atom is 0.219 e. The molecule has 10 heteroatoms. The van der Waals surface area contributed by atoms with Gasteiger partial charge in [0.05, 0.1) is 28.1 Å². The third kappa shape index (κ3) is 5.24. The van der Waals surface area contributed by atoms with Crippen LogP contribution in [0.25, 0.3) is 0 Å². The molecule has 0 unspecified atom stereocenters. The van der Waals surface area contributed by atoms with Crippen molar-refractivity contribution in [2.24, 2.45) is 0 Å². The van der Waals surface area contributed by atoms with Crippen LogP contribution in [0.5, 0.6) is 0 Å². The fourth-order valence-corrected chi connectivity index (χ4v) is 9.16. The van der Waals surface area contributed by atoms with Crippen LogP contribution in [-0.4, -0.2) is 82.5 Å². The Kier molecular flexibility index (Phi) is 8.48. The Morgan fingerprint density at radius 2 is 1.58 bits per heavy atom. The van der Waals surface area contributed by atoms with Gasteiger partial charge in [-0.05, 0) is 51.5 Å². The molecule has 2 aromatic rings. The van der Waals surface area contributed by atoms with Gasteiger partial charge in [-0.3, -0.25) is 0 Å². The second kappa shape index (κ2) is 10.9. The number of rotatable bonds is 8. The lowest BCUT2D eigenvalue weighted by Gasteiger charge is -2.57. The number of thioether (sulfide) groups is 2. The molecule has 0 spiro atoms. The van der Waals surface area contributed by atoms with Crippen LogP contribution in [0.2, 0.25) is 0 Å². The van der Waals surface area contributed by atoms with Gasteiger partial charge in [0.2, 0.25) is 10.0 Å². The van der Waals surface area contributed by atoms with Gasteiger partial charge >= 0.3 is 0 Å². The van der Waals surface area contributed by atoms with Crippen LogP contribution in [0.4, 0.5) is 0 Å². The molecule has 5 atom stereocenters. The highest BCUT2D eigenvalue weighted by Gasteiger charge is 2.63. The normalized spacial score (nSPS) is 28.2. The summed E-state index contributed by atoms with van der Waals surface area (Å²) in [5, 5.41) is 23.6. The van der Waals surface area contributed by atoms with Crippen molar-refractivity contribution in [3.8, 4) is 0 Å². The number of aliphatic hydroxyl groups excluding tert-OH is 2. The van der Waals surface area contributed by atoms with E-state index in [9.17, 15) is 18.6 Å². The van der Waals surface area contributed by atoms with E-state index in [4.69, 9.17) is 9.47 Å². The van der Waals surface area contributed by atoms with Crippen molar-refractivity contribution in [3.63, 3.8) is 0 Å². The van der Waals surface area contributed by atoms with Crippen molar-refractivity contribution in [2.45, 2.75) is 76.3 Å². The Morgan fingerprint density at radius 3 is 2.06 bits per heavy atom. The van der Waals surface area contributed by atoms with Crippen molar-refractivity contribution in [1.29, 1.82) is 0 Å². The van der Waals surface area contributed by atoms with Gasteiger partial charge in [-0.1, -0.05) is 36.4 Å². The lowest BCUT2D eigenvalue weighted by molar-refractivity contribution is -0.268. The SMILES string of the molecule is CO[C@@H]1CO[C@]2([C@@H](O)C(Sc3ccccc3)Sc3ccccc3)CCN(S(=O)(=O)C(C)(C)C)[C@H]1[C@H]2O. The van der Waals surface area contributed by atoms with Crippen molar-refractivity contribution in [3.05, 3.63) is 60.7 Å². The molecule has 0 saturated carbocycles. The zero-order valence-corrected chi connectivity index (χ0v) is 23.4. The van der Waals surface area contributed by atoms with E-state index in [1.54, 1.807) is 20.8 Å². The number of fused-ring (bicyclic) bond motifs is 2. The second-order valence-corrected chi connectivity index (χ2v) is 15.5. The first kappa shape index (κ1) is 27.9. The van der Waals surface area contributed by atoms with Crippen LogP contribution in [0.1, 0.15) is 27.2 Å². The molecular formula is C26H35NO6S3. The van der Waals surface area contributed by atoms with Gasteiger partial charge in [0.15, 0.2) is 0 Å². The largest absolute Gasteiger partial charge is 0.388 e. The highest BCUT2D eigenvalue weighted by Crippen LogP contribution is 2.48. The van der Waals surface area contributed by atoms with Crippen molar-refractivity contribution < 1.29 is 28.1 Å². The van der Waals surface area contributed by atoms with Crippen LogP contribution in [0.3, 0.4) is 0 Å². The summed E-state index contributed by atoms with van der Waals surface area (Å²) in [6.45, 7) is 5.14. The first-order chi connectivity index (χ1) is 17.0. The van der Waals surface area contributed by atoms with Crippen LogP contribution < -0.4 is 0 Å². The molecule has 2 aliphatic heterocycles. The molecule has 2 fully saturated rings. The number of methoxy groups -OCH3 is 1. The van der Waals surface area contributed by atoms with Gasteiger partial charge in [0.25, 0.3) is 0 Å². The summed E-state index contributed by atoms with van der Waals surface area (Å²) in [6.07, 6.45) is -2.85. The third-order valence-electron chi connectivity index (χ3n) is 6.91. The Balaban J connectivity index is 1.69. The molecule has 36 heavy (non-hydrogen) atoms. The fourth-order valence-electron chi connectivity index (χ4n) is 4.81. The van der Waals surface area contributed by atoms with Gasteiger partial charge in [-0.25, -0.2) is 8.42 Å². The van der Waals surface area contributed by atoms with Gasteiger partial charge < -0.3 is 19.7 Å². The summed E-state index contributed by atoms with van der Waals surface area (Å²) < 4.78 is 38.6. The molecular weight excluding hydrogens is 518 g/mol. The van der Waals surface area contributed by atoms with Crippen LogP contribution in [0.15, 0.2) is 70.5 Å². The van der Waals surface area contributed by atoms with Gasteiger partial charge in [0.1, 0.15) is 17.8 Å². The average Bonchev–Trinajstić information content (AvgIpc) is 2.84. The van der Waals surface area contributed by atoms with Gasteiger partial charge in [0, 0.05) is 23.4 Å². The predicted octanol–water partition coefficient (Wildman–Crippen LogP) is 3.61. The number of sulfonamides is 1. The molecule has 0 aromatic heterocycles. The molecule has 2 saturated heterocycles. The lowest BCUT2D eigenvalue weighted by atomic mass is 9.76. The number of benzene rings is 2. The molecule has 198 valence electrons. The van der Waals surface area contributed by atoms with E-state index in [0.29, 0.717) is 0 Å². The van der Waals surface area contributed by atoms with Crippen molar-refractivity contribution >= 4 is 33.5 Å². The Labute approximate surface area is 222 Å². The molecule has 4 rings (SSSR count). The number of piperidine rings is 1. The zero-order valence-electron chi connectivity index (χ0n) is 21.0. The summed E-state index contributed by atoms with van der Waals surface area (Å²) in [7, 11) is -2.26. The highest BCUT2D eigenvalue weighted by molar-refractivity contribution is 8.17. The van der Waals surface area contributed by atoms with Gasteiger partial charge in [-0.15, -0.1) is 23.5 Å². The standard InChI is InChI=1S/C26H35NO6S3/c1-25(2,3)36(30,31)27-16-15-26(22(28)21(27)20(32-4)17-33-26)23(29)24(34-18-11-7-5-8-12-18)35-19-13-9-6-10-14-19/h5-14,20-24,28-29H,15-17H2,1-4H3/t20-,21-,22-,23+,26-/m1/s1. The summed E-state index contributed by atoms with van der Waals surface area (Å²) in [4.78, 5) is 1.96. The predicted molar refractivity (Wildman–Crippen MR) is 144 cm³/mol. The van der Waals surface area contributed by atoms with Crippen LogP contribution in [0, 0.1) is 0 Å². The number of ether oxygens (including phenoxy) is 2. The fraction of sp³-hybridized carbons (Fsp3) is 0.538. The maximum atomic E-state index is 13.5. The second-order valence-electron chi connectivity index (χ2n) is 10.1. The molecule has 2 aromatic carbocycles. The number of aliphatic hydroxyl groups is 2. The first-order valence-corrected chi connectivity index (χ1v) is 15.2. The Morgan fingerprint density at radius 1 is 1.06 bits per heavy atom. The minimum atomic E-state index is -3.75. The van der Waals surface area contributed by atoms with E-state index in [-0.39, 0.29) is 19.6 Å². The quantitative estimate of drug-likeness (QED) is 0.378. The zero-order chi connectivity index (χ0) is 26.1. The number of hydrogen-bond donors (Lipinski definition) is 2. The third-order valence-corrected chi connectivity index (χ3v) is 12.1. The minimum Gasteiger partial charge on any atom is -0.388 e. The molecule has 0 radical (unpaired) electrons. The average molecular weight is 554 g/mol. The van der Waals surface area contributed by atoms with Gasteiger partial charge in [-0.2, -0.15) is 4.31 Å². The summed E-state index contributed by atoms with van der Waals surface area (Å²) >= 11 is 3.00. The van der Waals surface area contributed by atoms with Crippen LogP contribution in [-0.2, 0) is 19.5 Å². The van der Waals surface area contributed by atoms with E-state index in [1.807, 2.05) is 60.7 Å². The summed E-state index contributed by atoms with van der Waals surface area (Å²) in [5.41, 5.74) is -1.34. The minimum absolute atomic E-state index is 0.0736. The molecule has 2 aliphatic rings. The Bertz CT molecular complexity index is 1070. The van der Waals surface area contributed by atoms with Crippen molar-refractivity contribution in [2.75, 3.05) is 20.3 Å². The molecule has 2 bridgehead atoms. The molecule has 2 heterocycles. The highest BCUT2D eigenvalue weighted by atomic mass is 32.2. The van der Waals surface area contributed by atoms with Crippen molar-refractivity contribution in [1.82, 2.24) is 4.31 Å². The summed E-state index contributed by atoms with van der Waals surface area (Å²) in [6, 6.07) is 18.7. The molecule has 2 N–H and O–H groups in total. The Hall–Kier alpha value is -1.11. The number of nitrogens with zero attached hydrogens (tertiary/aromatic N) is 1. The van der Waals surface area contributed by atoms with E-state index in [0.717, 1.165) is 9.79 Å². The molecule has 0 aliphatic carbocycles. The molecule has 0 amide bonds. The van der Waals surface area contributed by atoms with E-state index < -0.39 is 49.3 Å². The first-order valence-electron chi connectivity index (χ1n) is 12.0. The monoisotopic (exact) mass is 553 g/mol. The summed E-state index contributed by atoms with van der Waals surface area (Å²) in [5.74, 6) is 0. The van der Waals surface area contributed by atoms with E-state index >= 15 is 0 Å².